The summed E-state index contributed by atoms with van der Waals surface area (Å²) in [5.41, 5.74) is 0.181. The third-order valence-electron chi connectivity index (χ3n) is 3.91. The standard InChI is InChI=1S/C20H30O5/c1-3-5-7-9-13-24-19(22)17-12-11-16(21)15-18(17)20(23)25-14-10-8-6-4-2/h11-12,15,21H,3-10,13-14H2,1-2H3. The van der Waals surface area contributed by atoms with Crippen LogP contribution < -0.4 is 0 Å². The summed E-state index contributed by atoms with van der Waals surface area (Å²) < 4.78 is 10.5. The molecule has 25 heavy (non-hydrogen) atoms. The van der Waals surface area contributed by atoms with Crippen LogP contribution in [0.1, 0.15) is 85.9 Å². The zero-order chi connectivity index (χ0) is 18.5. The smallest absolute Gasteiger partial charge is 0.339 e. The summed E-state index contributed by atoms with van der Waals surface area (Å²) in [6.07, 6.45) is 8.01. The number of ether oxygens (including phenoxy) is 2. The van der Waals surface area contributed by atoms with Gasteiger partial charge in [-0.1, -0.05) is 52.4 Å². The monoisotopic (exact) mass is 350 g/mol. The molecule has 0 fully saturated rings. The van der Waals surface area contributed by atoms with Crippen LogP contribution in [0.15, 0.2) is 18.2 Å². The van der Waals surface area contributed by atoms with Gasteiger partial charge in [-0.05, 0) is 31.0 Å². The van der Waals surface area contributed by atoms with Gasteiger partial charge in [0.25, 0.3) is 0 Å². The number of phenolic OH excluding ortho intramolecular Hbond substituents is 1. The predicted molar refractivity (Wildman–Crippen MR) is 97.0 cm³/mol. The molecule has 140 valence electrons. The Morgan fingerprint density at radius 1 is 0.800 bits per heavy atom. The first-order valence-electron chi connectivity index (χ1n) is 9.27. The molecule has 1 N–H and O–H groups in total. The fraction of sp³-hybridized carbons (Fsp3) is 0.600. The van der Waals surface area contributed by atoms with Gasteiger partial charge in [-0.2, -0.15) is 0 Å². The van der Waals surface area contributed by atoms with Crippen molar-refractivity contribution in [2.24, 2.45) is 0 Å². The van der Waals surface area contributed by atoms with Gasteiger partial charge in [-0.3, -0.25) is 0 Å². The summed E-state index contributed by atoms with van der Waals surface area (Å²) in [5, 5.41) is 9.62. The van der Waals surface area contributed by atoms with Crippen LogP contribution >= 0.6 is 0 Å². The lowest BCUT2D eigenvalue weighted by molar-refractivity contribution is 0.0450. The van der Waals surface area contributed by atoms with E-state index in [1.54, 1.807) is 0 Å². The van der Waals surface area contributed by atoms with Crippen molar-refractivity contribution < 1.29 is 24.2 Å². The highest BCUT2D eigenvalue weighted by atomic mass is 16.5. The van der Waals surface area contributed by atoms with Crippen molar-refractivity contribution in [2.45, 2.75) is 65.2 Å². The normalized spacial score (nSPS) is 10.5. The number of hydrogen-bond acceptors (Lipinski definition) is 5. The maximum atomic E-state index is 12.2. The Balaban J connectivity index is 2.61. The Hall–Kier alpha value is -2.04. The average molecular weight is 350 g/mol. The van der Waals surface area contributed by atoms with E-state index < -0.39 is 11.9 Å². The van der Waals surface area contributed by atoms with Crippen LogP contribution in [-0.2, 0) is 9.47 Å². The summed E-state index contributed by atoms with van der Waals surface area (Å²) in [5.74, 6) is -1.25. The molecular weight excluding hydrogens is 320 g/mol. The van der Waals surface area contributed by atoms with Crippen LogP contribution in [-0.4, -0.2) is 30.3 Å². The lowest BCUT2D eigenvalue weighted by Crippen LogP contribution is -2.15. The van der Waals surface area contributed by atoms with Crippen LogP contribution in [0.25, 0.3) is 0 Å². The molecule has 0 amide bonds. The Bertz CT molecular complexity index is 539. The molecule has 0 unspecified atom stereocenters. The topological polar surface area (TPSA) is 72.8 Å². The molecule has 1 aromatic rings. The predicted octanol–water partition coefficient (Wildman–Crippen LogP) is 4.87. The molecule has 0 saturated heterocycles. The van der Waals surface area contributed by atoms with Crippen LogP contribution in [0.4, 0.5) is 0 Å². The zero-order valence-corrected chi connectivity index (χ0v) is 15.4. The van der Waals surface area contributed by atoms with E-state index in [0.29, 0.717) is 13.2 Å². The van der Waals surface area contributed by atoms with Crippen LogP contribution in [0.2, 0.25) is 0 Å². The van der Waals surface area contributed by atoms with E-state index in [-0.39, 0.29) is 16.9 Å². The second kappa shape index (κ2) is 12.3. The van der Waals surface area contributed by atoms with Crippen LogP contribution in [0.5, 0.6) is 5.75 Å². The van der Waals surface area contributed by atoms with Gasteiger partial charge < -0.3 is 14.6 Å². The van der Waals surface area contributed by atoms with Crippen molar-refractivity contribution in [1.82, 2.24) is 0 Å². The van der Waals surface area contributed by atoms with Gasteiger partial charge in [-0.15, -0.1) is 0 Å². The first kappa shape index (κ1) is 21.0. The highest BCUT2D eigenvalue weighted by Crippen LogP contribution is 2.19. The molecule has 0 atom stereocenters. The molecule has 5 nitrogen and oxygen atoms in total. The molecular formula is C20H30O5. The largest absolute Gasteiger partial charge is 0.508 e. The van der Waals surface area contributed by atoms with Crippen molar-refractivity contribution in [3.63, 3.8) is 0 Å². The Kier molecular flexibility index (Phi) is 10.4. The summed E-state index contributed by atoms with van der Waals surface area (Å²) in [6, 6.07) is 4.02. The number of unbranched alkanes of at least 4 members (excludes halogenated alkanes) is 6. The lowest BCUT2D eigenvalue weighted by atomic mass is 10.1. The molecule has 5 heteroatoms. The van der Waals surface area contributed by atoms with Crippen LogP contribution in [0.3, 0.4) is 0 Å². The Morgan fingerprint density at radius 2 is 1.32 bits per heavy atom. The number of carbonyl (C=O) groups excluding carboxylic acids is 2. The molecule has 0 aliphatic carbocycles. The summed E-state index contributed by atoms with van der Waals surface area (Å²) in [7, 11) is 0. The summed E-state index contributed by atoms with van der Waals surface area (Å²) in [6.45, 7) is 4.85. The van der Waals surface area contributed by atoms with E-state index in [9.17, 15) is 14.7 Å². The minimum atomic E-state index is -0.606. The van der Waals surface area contributed by atoms with Gasteiger partial charge in [0.05, 0.1) is 24.3 Å². The lowest BCUT2D eigenvalue weighted by Gasteiger charge is -2.10. The number of esters is 2. The van der Waals surface area contributed by atoms with Crippen molar-refractivity contribution in [3.8, 4) is 5.75 Å². The maximum Gasteiger partial charge on any atom is 0.339 e. The number of hydrogen-bond donors (Lipinski definition) is 1. The first-order valence-corrected chi connectivity index (χ1v) is 9.27. The summed E-state index contributed by atoms with van der Waals surface area (Å²) in [4.78, 5) is 24.4. The number of rotatable bonds is 12. The van der Waals surface area contributed by atoms with Gasteiger partial charge in [0.15, 0.2) is 0 Å². The number of benzene rings is 1. The minimum Gasteiger partial charge on any atom is -0.508 e. The highest BCUT2D eigenvalue weighted by Gasteiger charge is 2.20. The molecule has 0 aromatic heterocycles. The molecule has 0 spiro atoms. The average Bonchev–Trinajstić information content (AvgIpc) is 2.61. The molecule has 0 aliphatic heterocycles. The minimum absolute atomic E-state index is 0.0500. The van der Waals surface area contributed by atoms with Gasteiger partial charge in [0.1, 0.15) is 5.75 Å². The zero-order valence-electron chi connectivity index (χ0n) is 15.4. The van der Waals surface area contributed by atoms with Crippen molar-refractivity contribution in [3.05, 3.63) is 29.3 Å². The summed E-state index contributed by atoms with van der Waals surface area (Å²) >= 11 is 0. The van der Waals surface area contributed by atoms with E-state index >= 15 is 0 Å². The third-order valence-corrected chi connectivity index (χ3v) is 3.91. The second-order valence-corrected chi connectivity index (χ2v) is 6.12. The van der Waals surface area contributed by atoms with Crippen LogP contribution in [0, 0.1) is 0 Å². The van der Waals surface area contributed by atoms with Gasteiger partial charge >= 0.3 is 11.9 Å². The fourth-order valence-electron chi connectivity index (χ4n) is 2.42. The van der Waals surface area contributed by atoms with E-state index in [1.807, 2.05) is 0 Å². The third kappa shape index (κ3) is 8.05. The fourth-order valence-corrected chi connectivity index (χ4v) is 2.42. The Labute approximate surface area is 150 Å². The molecule has 0 heterocycles. The molecule has 0 aliphatic rings. The van der Waals surface area contributed by atoms with E-state index in [0.717, 1.165) is 51.4 Å². The Morgan fingerprint density at radius 3 is 1.84 bits per heavy atom. The molecule has 1 aromatic carbocycles. The van der Waals surface area contributed by atoms with Crippen molar-refractivity contribution in [2.75, 3.05) is 13.2 Å². The molecule has 0 saturated carbocycles. The maximum absolute atomic E-state index is 12.2. The van der Waals surface area contributed by atoms with Crippen molar-refractivity contribution in [1.29, 1.82) is 0 Å². The number of carbonyl (C=O) groups is 2. The van der Waals surface area contributed by atoms with E-state index in [4.69, 9.17) is 9.47 Å². The molecule has 1 rings (SSSR count). The quantitative estimate of drug-likeness (QED) is 0.430. The number of aromatic hydroxyl groups is 1. The highest BCUT2D eigenvalue weighted by molar-refractivity contribution is 6.03. The first-order chi connectivity index (χ1) is 12.1. The van der Waals surface area contributed by atoms with Gasteiger partial charge in [-0.25, -0.2) is 9.59 Å². The molecule has 0 bridgehead atoms. The number of phenols is 1. The van der Waals surface area contributed by atoms with Gasteiger partial charge in [0, 0.05) is 0 Å². The second-order valence-electron chi connectivity index (χ2n) is 6.12. The van der Waals surface area contributed by atoms with E-state index in [1.165, 1.54) is 18.2 Å². The van der Waals surface area contributed by atoms with E-state index in [2.05, 4.69) is 13.8 Å². The molecule has 0 radical (unpaired) electrons. The van der Waals surface area contributed by atoms with Crippen molar-refractivity contribution >= 4 is 11.9 Å². The SMILES string of the molecule is CCCCCCOC(=O)c1ccc(O)cc1C(=O)OCCCCCC. The van der Waals surface area contributed by atoms with Gasteiger partial charge in [0.2, 0.25) is 0 Å².